The van der Waals surface area contributed by atoms with Crippen LogP contribution in [0.15, 0.2) is 24.3 Å². The third-order valence-electron chi connectivity index (χ3n) is 2.85. The normalized spacial score (nSPS) is 11.6. The zero-order chi connectivity index (χ0) is 16.4. The molecular weight excluding hydrogens is 352 g/mol. The molecule has 0 saturated heterocycles. The number of carbonyl (C=O) groups is 2. The first-order chi connectivity index (χ1) is 10.6. The summed E-state index contributed by atoms with van der Waals surface area (Å²) in [5.41, 5.74) is 0.924. The first-order valence-electron chi connectivity index (χ1n) is 7.25. The van der Waals surface area contributed by atoms with Gasteiger partial charge in [0.25, 0.3) is 0 Å². The molecule has 0 fully saturated rings. The molecule has 1 unspecified atom stereocenters. The molecule has 1 atom stereocenters. The smallest absolute Gasteiger partial charge is 0.347 e. The van der Waals surface area contributed by atoms with Crippen LogP contribution in [0.5, 0.6) is 5.75 Å². The van der Waals surface area contributed by atoms with Gasteiger partial charge < -0.3 is 14.2 Å². The van der Waals surface area contributed by atoms with Crippen LogP contribution in [0.2, 0.25) is 0 Å². The zero-order valence-electron chi connectivity index (χ0n) is 12.8. The molecule has 0 spiro atoms. The maximum absolute atomic E-state index is 12.0. The van der Waals surface area contributed by atoms with Crippen LogP contribution in [0.4, 0.5) is 0 Å². The first-order valence-corrected chi connectivity index (χ1v) is 8.37. The molecular formula is C16H21BrO5. The number of ether oxygens (including phenoxy) is 3. The Balaban J connectivity index is 2.77. The number of hydrogen-bond donors (Lipinski definition) is 0. The molecule has 0 aliphatic heterocycles. The lowest BCUT2D eigenvalue weighted by atomic mass is 10.2. The lowest BCUT2D eigenvalue weighted by molar-refractivity contribution is -0.152. The Morgan fingerprint density at radius 2 is 1.82 bits per heavy atom. The van der Waals surface area contributed by atoms with Crippen LogP contribution in [0, 0.1) is 0 Å². The molecule has 6 heteroatoms. The van der Waals surface area contributed by atoms with E-state index in [0.717, 1.165) is 5.56 Å². The summed E-state index contributed by atoms with van der Waals surface area (Å²) in [5.74, 6) is -0.230. The van der Waals surface area contributed by atoms with Crippen molar-refractivity contribution in [2.45, 2.75) is 38.1 Å². The van der Waals surface area contributed by atoms with E-state index in [1.807, 2.05) is 18.2 Å². The van der Waals surface area contributed by atoms with Gasteiger partial charge in [0.2, 0.25) is 0 Å². The van der Waals surface area contributed by atoms with Gasteiger partial charge in [-0.1, -0.05) is 34.1 Å². The summed E-state index contributed by atoms with van der Waals surface area (Å²) in [6.45, 7) is 4.05. The van der Waals surface area contributed by atoms with E-state index in [0.29, 0.717) is 17.7 Å². The molecule has 1 rings (SSSR count). The van der Waals surface area contributed by atoms with Crippen molar-refractivity contribution in [1.82, 2.24) is 0 Å². The number of esters is 2. The van der Waals surface area contributed by atoms with Crippen molar-refractivity contribution in [2.24, 2.45) is 0 Å². The molecule has 0 radical (unpaired) electrons. The van der Waals surface area contributed by atoms with Gasteiger partial charge in [0.1, 0.15) is 5.75 Å². The number of carbonyl (C=O) groups excluding carboxylic acids is 2. The van der Waals surface area contributed by atoms with Gasteiger partial charge in [0.05, 0.1) is 13.2 Å². The fourth-order valence-corrected chi connectivity index (χ4v) is 2.29. The largest absolute Gasteiger partial charge is 0.478 e. The van der Waals surface area contributed by atoms with E-state index in [9.17, 15) is 9.59 Å². The van der Waals surface area contributed by atoms with Crippen LogP contribution in [0.25, 0.3) is 0 Å². The van der Waals surface area contributed by atoms with Crippen molar-refractivity contribution >= 4 is 27.9 Å². The number of hydrogen-bond acceptors (Lipinski definition) is 5. The highest BCUT2D eigenvalue weighted by atomic mass is 79.9. The number of alkyl halides is 1. The maximum Gasteiger partial charge on any atom is 0.347 e. The average Bonchev–Trinajstić information content (AvgIpc) is 2.52. The molecule has 0 aliphatic rings. The van der Waals surface area contributed by atoms with Gasteiger partial charge in [-0.15, -0.1) is 0 Å². The predicted molar refractivity (Wildman–Crippen MR) is 86.0 cm³/mol. The van der Waals surface area contributed by atoms with Crippen LogP contribution < -0.4 is 4.74 Å². The highest BCUT2D eigenvalue weighted by molar-refractivity contribution is 9.08. The average molecular weight is 373 g/mol. The van der Waals surface area contributed by atoms with Crippen molar-refractivity contribution in [3.05, 3.63) is 29.8 Å². The van der Waals surface area contributed by atoms with E-state index in [2.05, 4.69) is 15.9 Å². The zero-order valence-corrected chi connectivity index (χ0v) is 14.4. The second kappa shape index (κ2) is 10.2. The van der Waals surface area contributed by atoms with Crippen molar-refractivity contribution in [3.8, 4) is 5.75 Å². The fourth-order valence-electron chi connectivity index (χ4n) is 1.82. The van der Waals surface area contributed by atoms with Gasteiger partial charge in [-0.3, -0.25) is 4.79 Å². The summed E-state index contributed by atoms with van der Waals surface area (Å²) >= 11 is 3.38. The molecule has 5 nitrogen and oxygen atoms in total. The van der Waals surface area contributed by atoms with Gasteiger partial charge in [-0.25, -0.2) is 4.79 Å². The Morgan fingerprint density at radius 3 is 2.45 bits per heavy atom. The Morgan fingerprint density at radius 1 is 1.14 bits per heavy atom. The van der Waals surface area contributed by atoms with Gasteiger partial charge in [-0.2, -0.15) is 0 Å². The van der Waals surface area contributed by atoms with Crippen LogP contribution >= 0.6 is 15.9 Å². The number of benzene rings is 1. The number of rotatable bonds is 9. The molecule has 0 aromatic heterocycles. The summed E-state index contributed by atoms with van der Waals surface area (Å²) < 4.78 is 15.7. The molecule has 0 N–H and O–H groups in total. The Labute approximate surface area is 139 Å². The van der Waals surface area contributed by atoms with E-state index < -0.39 is 12.1 Å². The van der Waals surface area contributed by atoms with E-state index in [4.69, 9.17) is 14.2 Å². The van der Waals surface area contributed by atoms with Crippen LogP contribution in [0.1, 0.15) is 32.3 Å². The maximum atomic E-state index is 12.0. The Bertz CT molecular complexity index is 489. The standard InChI is InChI=1S/C16H21BrO5/c1-3-20-15(18)10-9-14(16(19)21-4-2)22-13-8-6-5-7-12(13)11-17/h5-8,14H,3-4,9-11H2,1-2H3. The SMILES string of the molecule is CCOC(=O)CCC(Oc1ccccc1CBr)C(=O)OCC. The van der Waals surface area contributed by atoms with E-state index in [1.165, 1.54) is 0 Å². The van der Waals surface area contributed by atoms with Crippen molar-refractivity contribution in [2.75, 3.05) is 13.2 Å². The van der Waals surface area contributed by atoms with Crippen LogP contribution in [-0.4, -0.2) is 31.3 Å². The molecule has 0 bridgehead atoms. The molecule has 0 heterocycles. The minimum Gasteiger partial charge on any atom is -0.478 e. The number of para-hydroxylation sites is 1. The van der Waals surface area contributed by atoms with Gasteiger partial charge in [0, 0.05) is 23.7 Å². The molecule has 22 heavy (non-hydrogen) atoms. The second-order valence-electron chi connectivity index (χ2n) is 4.44. The molecule has 122 valence electrons. The van der Waals surface area contributed by atoms with Crippen LogP contribution in [0.3, 0.4) is 0 Å². The van der Waals surface area contributed by atoms with Crippen LogP contribution in [-0.2, 0) is 24.4 Å². The summed E-state index contributed by atoms with van der Waals surface area (Å²) in [7, 11) is 0. The summed E-state index contributed by atoms with van der Waals surface area (Å²) in [6, 6.07) is 7.40. The summed E-state index contributed by atoms with van der Waals surface area (Å²) in [5, 5.41) is 0.608. The second-order valence-corrected chi connectivity index (χ2v) is 5.00. The Kier molecular flexibility index (Phi) is 8.58. The first kappa shape index (κ1) is 18.5. The summed E-state index contributed by atoms with van der Waals surface area (Å²) in [4.78, 5) is 23.5. The van der Waals surface area contributed by atoms with Crippen molar-refractivity contribution in [1.29, 1.82) is 0 Å². The van der Waals surface area contributed by atoms with E-state index >= 15 is 0 Å². The topological polar surface area (TPSA) is 61.8 Å². The van der Waals surface area contributed by atoms with E-state index in [-0.39, 0.29) is 25.4 Å². The third kappa shape index (κ3) is 6.05. The molecule has 0 saturated carbocycles. The van der Waals surface area contributed by atoms with Gasteiger partial charge >= 0.3 is 11.9 Å². The number of halogens is 1. The highest BCUT2D eigenvalue weighted by Crippen LogP contribution is 2.23. The fraction of sp³-hybridized carbons (Fsp3) is 0.500. The van der Waals surface area contributed by atoms with Gasteiger partial charge in [-0.05, 0) is 19.9 Å². The lowest BCUT2D eigenvalue weighted by Crippen LogP contribution is -2.30. The van der Waals surface area contributed by atoms with Crippen molar-refractivity contribution < 1.29 is 23.8 Å². The molecule has 0 amide bonds. The lowest BCUT2D eigenvalue weighted by Gasteiger charge is -2.19. The van der Waals surface area contributed by atoms with E-state index in [1.54, 1.807) is 19.9 Å². The van der Waals surface area contributed by atoms with Crippen molar-refractivity contribution in [3.63, 3.8) is 0 Å². The predicted octanol–water partition coefficient (Wildman–Crippen LogP) is 3.24. The summed E-state index contributed by atoms with van der Waals surface area (Å²) in [6.07, 6.45) is -0.508. The highest BCUT2D eigenvalue weighted by Gasteiger charge is 2.24. The van der Waals surface area contributed by atoms with Gasteiger partial charge in [0.15, 0.2) is 6.10 Å². The Hall–Kier alpha value is -1.56. The molecule has 0 aliphatic carbocycles. The molecule has 1 aromatic rings. The third-order valence-corrected chi connectivity index (χ3v) is 3.46. The molecule has 1 aromatic carbocycles. The minimum absolute atomic E-state index is 0.105. The quantitative estimate of drug-likeness (QED) is 0.491. The monoisotopic (exact) mass is 372 g/mol. The minimum atomic E-state index is -0.829.